The zero-order chi connectivity index (χ0) is 33.9. The van der Waals surface area contributed by atoms with Crippen molar-refractivity contribution in [1.82, 2.24) is 9.97 Å². The molecule has 236 valence electrons. The molecule has 0 aliphatic heterocycles. The lowest BCUT2D eigenvalue weighted by molar-refractivity contribution is 0.794. The van der Waals surface area contributed by atoms with Crippen molar-refractivity contribution in [2.24, 2.45) is 0 Å². The van der Waals surface area contributed by atoms with Crippen molar-refractivity contribution < 1.29 is 0 Å². The molecule has 0 amide bonds. The summed E-state index contributed by atoms with van der Waals surface area (Å²) >= 11 is 0. The van der Waals surface area contributed by atoms with E-state index < -0.39 is 5.41 Å². The fourth-order valence-electron chi connectivity index (χ4n) is 8.41. The van der Waals surface area contributed by atoms with Gasteiger partial charge in [-0.1, -0.05) is 158 Å². The van der Waals surface area contributed by atoms with Crippen LogP contribution in [0.15, 0.2) is 176 Å². The van der Waals surface area contributed by atoms with Gasteiger partial charge in [0.2, 0.25) is 0 Å². The van der Waals surface area contributed by atoms with E-state index in [0.29, 0.717) is 11.5 Å². The second kappa shape index (κ2) is 11.3. The van der Waals surface area contributed by atoms with Gasteiger partial charge in [0, 0.05) is 16.7 Å². The molecule has 3 nitrogen and oxygen atoms in total. The standard InChI is InChI=1S/C48H29N3/c1-49-35-26-27-42-39(29-35)46-36(22-13-25-43(46)48(42)40-23-10-8-20-37(40)38-21-9-11-24-41(38)48)33-18-12-19-34(28-33)45-30-44(31-14-4-2-5-15-31)50-47(51-45)32-16-6-3-7-17-32/h2-30H. The molecule has 0 fully saturated rings. The van der Waals surface area contributed by atoms with Gasteiger partial charge in [-0.2, -0.15) is 0 Å². The van der Waals surface area contributed by atoms with Crippen LogP contribution in [0.1, 0.15) is 22.3 Å². The predicted molar refractivity (Wildman–Crippen MR) is 206 cm³/mol. The number of hydrogen-bond acceptors (Lipinski definition) is 2. The van der Waals surface area contributed by atoms with Gasteiger partial charge in [0.25, 0.3) is 0 Å². The van der Waals surface area contributed by atoms with Crippen molar-refractivity contribution in [2.45, 2.75) is 5.41 Å². The third-order valence-electron chi connectivity index (χ3n) is 10.5. The number of fused-ring (bicyclic) bond motifs is 10. The van der Waals surface area contributed by atoms with Gasteiger partial charge in [0.05, 0.1) is 23.4 Å². The highest BCUT2D eigenvalue weighted by Crippen LogP contribution is 2.64. The van der Waals surface area contributed by atoms with Crippen molar-refractivity contribution in [3.63, 3.8) is 0 Å². The number of benzene rings is 7. The molecule has 51 heavy (non-hydrogen) atoms. The monoisotopic (exact) mass is 647 g/mol. The molecule has 0 saturated carbocycles. The van der Waals surface area contributed by atoms with Gasteiger partial charge < -0.3 is 0 Å². The Hall–Kier alpha value is -6.89. The Balaban J connectivity index is 1.20. The first-order valence-electron chi connectivity index (χ1n) is 17.2. The van der Waals surface area contributed by atoms with Gasteiger partial charge >= 0.3 is 0 Å². The number of nitrogens with zero attached hydrogens (tertiary/aromatic N) is 3. The van der Waals surface area contributed by atoms with Gasteiger partial charge in [-0.3, -0.25) is 0 Å². The van der Waals surface area contributed by atoms with E-state index in [1.54, 1.807) is 0 Å². The van der Waals surface area contributed by atoms with Crippen molar-refractivity contribution in [2.75, 3.05) is 0 Å². The highest BCUT2D eigenvalue weighted by molar-refractivity contribution is 6.00. The largest absolute Gasteiger partial charge is 0.238 e. The topological polar surface area (TPSA) is 30.1 Å². The molecule has 0 unspecified atom stereocenters. The van der Waals surface area contributed by atoms with Crippen molar-refractivity contribution >= 4 is 5.69 Å². The lowest BCUT2D eigenvalue weighted by Crippen LogP contribution is -2.25. The van der Waals surface area contributed by atoms with E-state index in [-0.39, 0.29) is 0 Å². The Morgan fingerprint density at radius 3 is 1.63 bits per heavy atom. The minimum absolute atomic E-state index is 0.478. The summed E-state index contributed by atoms with van der Waals surface area (Å²) in [7, 11) is 0. The summed E-state index contributed by atoms with van der Waals surface area (Å²) in [4.78, 5) is 14.0. The molecule has 0 atom stereocenters. The fourth-order valence-corrected chi connectivity index (χ4v) is 8.41. The SMILES string of the molecule is [C-]#[N+]c1ccc2c(c1)-c1c(-c3cccc(-c4cc(-c5ccccc5)nc(-c5ccccc5)n4)c3)cccc1C21c2ccccc2-c2ccccc21. The number of aromatic nitrogens is 2. The maximum atomic E-state index is 7.94. The Bertz CT molecular complexity index is 2600. The van der Waals surface area contributed by atoms with Crippen LogP contribution in [0.25, 0.3) is 72.1 Å². The molecule has 7 aromatic carbocycles. The summed E-state index contributed by atoms with van der Waals surface area (Å²) < 4.78 is 0. The maximum Gasteiger partial charge on any atom is 0.187 e. The highest BCUT2D eigenvalue weighted by Gasteiger charge is 2.52. The van der Waals surface area contributed by atoms with Crippen LogP contribution in [-0.2, 0) is 5.41 Å². The molecular formula is C48H29N3. The fraction of sp³-hybridized carbons (Fsp3) is 0.0208. The summed E-state index contributed by atoms with van der Waals surface area (Å²) in [6.07, 6.45) is 0. The normalized spacial score (nSPS) is 12.8. The van der Waals surface area contributed by atoms with Crippen molar-refractivity contribution in [3.8, 4) is 67.3 Å². The van der Waals surface area contributed by atoms with Crippen LogP contribution >= 0.6 is 0 Å². The van der Waals surface area contributed by atoms with Crippen LogP contribution in [0.3, 0.4) is 0 Å². The van der Waals surface area contributed by atoms with Gasteiger partial charge in [-0.15, -0.1) is 0 Å². The minimum Gasteiger partial charge on any atom is -0.238 e. The molecule has 0 radical (unpaired) electrons. The highest BCUT2D eigenvalue weighted by atomic mass is 14.9. The second-order valence-corrected chi connectivity index (χ2v) is 13.2. The van der Waals surface area contributed by atoms with E-state index in [1.165, 1.54) is 38.9 Å². The summed E-state index contributed by atoms with van der Waals surface area (Å²) in [6, 6.07) is 61.9. The lowest BCUT2D eigenvalue weighted by Gasteiger charge is -2.30. The zero-order valence-corrected chi connectivity index (χ0v) is 27.6. The van der Waals surface area contributed by atoms with Crippen LogP contribution in [0.2, 0.25) is 0 Å². The van der Waals surface area contributed by atoms with E-state index in [1.807, 2.05) is 42.5 Å². The second-order valence-electron chi connectivity index (χ2n) is 13.2. The number of rotatable bonds is 4. The van der Waals surface area contributed by atoms with E-state index >= 15 is 0 Å². The average Bonchev–Trinajstić information content (AvgIpc) is 3.68. The summed E-state index contributed by atoms with van der Waals surface area (Å²) in [6.45, 7) is 7.94. The molecule has 1 heterocycles. The quantitative estimate of drug-likeness (QED) is 0.178. The molecule has 1 aromatic heterocycles. The van der Waals surface area contributed by atoms with Crippen LogP contribution in [-0.4, -0.2) is 9.97 Å². The molecule has 8 aromatic rings. The zero-order valence-electron chi connectivity index (χ0n) is 27.6. The Morgan fingerprint density at radius 1 is 0.392 bits per heavy atom. The first-order valence-corrected chi connectivity index (χ1v) is 17.2. The molecule has 10 rings (SSSR count). The van der Waals surface area contributed by atoms with E-state index in [4.69, 9.17) is 16.5 Å². The maximum absolute atomic E-state index is 7.94. The Labute approximate surface area is 297 Å². The van der Waals surface area contributed by atoms with E-state index in [0.717, 1.165) is 44.8 Å². The van der Waals surface area contributed by atoms with E-state index in [2.05, 4.69) is 138 Å². The van der Waals surface area contributed by atoms with Crippen LogP contribution in [0, 0.1) is 6.57 Å². The first-order chi connectivity index (χ1) is 25.2. The predicted octanol–water partition coefficient (Wildman–Crippen LogP) is 12.0. The smallest absolute Gasteiger partial charge is 0.187 e. The van der Waals surface area contributed by atoms with Gasteiger partial charge in [0.15, 0.2) is 11.5 Å². The Morgan fingerprint density at radius 2 is 0.922 bits per heavy atom. The van der Waals surface area contributed by atoms with Gasteiger partial charge in [0.1, 0.15) is 0 Å². The van der Waals surface area contributed by atoms with Crippen molar-refractivity contribution in [1.29, 1.82) is 0 Å². The average molecular weight is 648 g/mol. The molecule has 0 saturated heterocycles. The number of hydrogen-bond donors (Lipinski definition) is 0. The third kappa shape index (κ3) is 4.30. The lowest BCUT2D eigenvalue weighted by atomic mass is 9.70. The molecule has 0 bridgehead atoms. The molecule has 3 heteroatoms. The van der Waals surface area contributed by atoms with Gasteiger partial charge in [-0.25, -0.2) is 14.8 Å². The molecule has 0 N–H and O–H groups in total. The van der Waals surface area contributed by atoms with Crippen LogP contribution in [0.5, 0.6) is 0 Å². The molecular weight excluding hydrogens is 619 g/mol. The molecule has 2 aliphatic carbocycles. The summed E-state index contributed by atoms with van der Waals surface area (Å²) in [5.74, 6) is 0.694. The van der Waals surface area contributed by atoms with Crippen LogP contribution in [0.4, 0.5) is 5.69 Å². The van der Waals surface area contributed by atoms with E-state index in [9.17, 15) is 0 Å². The first kappa shape index (κ1) is 29.1. The van der Waals surface area contributed by atoms with Crippen molar-refractivity contribution in [3.05, 3.63) is 210 Å². The Kier molecular flexibility index (Phi) is 6.46. The van der Waals surface area contributed by atoms with Gasteiger partial charge in [-0.05, 0) is 73.8 Å². The van der Waals surface area contributed by atoms with Crippen LogP contribution < -0.4 is 0 Å². The molecule has 2 aliphatic rings. The molecule has 1 spiro atoms. The third-order valence-corrected chi connectivity index (χ3v) is 10.5. The summed E-state index contributed by atoms with van der Waals surface area (Å²) in [5.41, 5.74) is 17.1. The summed E-state index contributed by atoms with van der Waals surface area (Å²) in [5, 5.41) is 0. The minimum atomic E-state index is -0.478.